The number of hydrogen-bond donors (Lipinski definition) is 1. The second-order valence-electron chi connectivity index (χ2n) is 4.24. The normalized spacial score (nSPS) is 10.8. The predicted molar refractivity (Wildman–Crippen MR) is 73.9 cm³/mol. The van der Waals surface area contributed by atoms with E-state index in [1.165, 1.54) is 0 Å². The molecule has 0 radical (unpaired) electrons. The van der Waals surface area contributed by atoms with Crippen molar-refractivity contribution in [2.75, 3.05) is 31.2 Å². The van der Waals surface area contributed by atoms with E-state index >= 15 is 0 Å². The van der Waals surface area contributed by atoms with Gasteiger partial charge in [-0.05, 0) is 25.1 Å². The van der Waals surface area contributed by atoms with E-state index in [0.29, 0.717) is 19.5 Å². The summed E-state index contributed by atoms with van der Waals surface area (Å²) in [5, 5.41) is 0. The molecule has 0 aliphatic rings. The van der Waals surface area contributed by atoms with Crippen molar-refractivity contribution in [3.05, 3.63) is 30.3 Å². The number of halogens is 2. The Kier molecular flexibility index (Phi) is 7.75. The maximum absolute atomic E-state index is 12.1. The number of carbonyl (C=O) groups is 1. The molecule has 0 aliphatic carbocycles. The highest BCUT2D eigenvalue weighted by Gasteiger charge is 2.15. The summed E-state index contributed by atoms with van der Waals surface area (Å²) in [4.78, 5) is 13.7. The monoisotopic (exact) mass is 286 g/mol. The Morgan fingerprint density at radius 1 is 1.30 bits per heavy atom. The lowest BCUT2D eigenvalue weighted by molar-refractivity contribution is -0.120. The van der Waals surface area contributed by atoms with E-state index in [4.69, 9.17) is 10.5 Å². The third-order valence-corrected chi connectivity index (χ3v) is 2.66. The number of anilines is 1. The number of alkyl halides is 2. The molecule has 112 valence electrons. The Balaban J connectivity index is 2.52. The maximum Gasteiger partial charge on any atom is 0.261 e. The fourth-order valence-corrected chi connectivity index (χ4v) is 1.72. The van der Waals surface area contributed by atoms with Crippen LogP contribution in [-0.4, -0.2) is 38.6 Å². The summed E-state index contributed by atoms with van der Waals surface area (Å²) in [5.41, 5.74) is 6.24. The molecule has 1 rings (SSSR count). The number of rotatable bonds is 9. The molecule has 0 aromatic heterocycles. The molecule has 0 bridgehead atoms. The quantitative estimate of drug-likeness (QED) is 0.707. The lowest BCUT2D eigenvalue weighted by atomic mass is 10.2. The summed E-state index contributed by atoms with van der Waals surface area (Å²) in [6, 6.07) is 9.19. The van der Waals surface area contributed by atoms with Crippen LogP contribution in [0.2, 0.25) is 0 Å². The number of para-hydroxylation sites is 1. The molecule has 1 aromatic carbocycles. The van der Waals surface area contributed by atoms with Crippen molar-refractivity contribution in [1.29, 1.82) is 0 Å². The van der Waals surface area contributed by atoms with E-state index in [1.54, 1.807) is 4.90 Å². The molecule has 6 heteroatoms. The van der Waals surface area contributed by atoms with Gasteiger partial charge in [-0.3, -0.25) is 4.79 Å². The number of nitrogens with zero attached hydrogens (tertiary/aromatic N) is 1. The first kappa shape index (κ1) is 16.5. The first-order valence-corrected chi connectivity index (χ1v) is 6.56. The average Bonchev–Trinajstić information content (AvgIpc) is 2.45. The van der Waals surface area contributed by atoms with Crippen LogP contribution in [0, 0.1) is 0 Å². The maximum atomic E-state index is 12.1. The third kappa shape index (κ3) is 6.08. The fourth-order valence-electron chi connectivity index (χ4n) is 1.72. The Hall–Kier alpha value is -1.53. The smallest absolute Gasteiger partial charge is 0.261 e. The van der Waals surface area contributed by atoms with Crippen molar-refractivity contribution in [3.63, 3.8) is 0 Å². The SMILES string of the molecule is NCCCN(C(=O)CCOCC(F)F)c1ccccc1. The minimum Gasteiger partial charge on any atom is -0.375 e. The molecule has 2 N–H and O–H groups in total. The molecule has 0 unspecified atom stereocenters. The number of nitrogens with two attached hydrogens (primary N) is 1. The van der Waals surface area contributed by atoms with Crippen LogP contribution < -0.4 is 10.6 Å². The van der Waals surface area contributed by atoms with E-state index in [-0.39, 0.29) is 18.9 Å². The molecule has 0 spiro atoms. The largest absolute Gasteiger partial charge is 0.375 e. The molecule has 0 saturated heterocycles. The van der Waals surface area contributed by atoms with Crippen LogP contribution in [0.3, 0.4) is 0 Å². The fraction of sp³-hybridized carbons (Fsp3) is 0.500. The van der Waals surface area contributed by atoms with E-state index in [9.17, 15) is 13.6 Å². The molecule has 0 fully saturated rings. The van der Waals surface area contributed by atoms with E-state index in [0.717, 1.165) is 5.69 Å². The van der Waals surface area contributed by atoms with Gasteiger partial charge in [0, 0.05) is 12.2 Å². The van der Waals surface area contributed by atoms with Gasteiger partial charge in [0.25, 0.3) is 6.43 Å². The molecule has 0 saturated carbocycles. The third-order valence-electron chi connectivity index (χ3n) is 2.66. The first-order valence-electron chi connectivity index (χ1n) is 6.56. The molecule has 1 aromatic rings. The highest BCUT2D eigenvalue weighted by molar-refractivity contribution is 5.93. The van der Waals surface area contributed by atoms with Gasteiger partial charge in [0.2, 0.25) is 5.91 Å². The number of carbonyl (C=O) groups excluding carboxylic acids is 1. The summed E-state index contributed by atoms with van der Waals surface area (Å²) in [5.74, 6) is -0.154. The number of amides is 1. The minimum atomic E-state index is -2.51. The molecule has 20 heavy (non-hydrogen) atoms. The molecule has 0 atom stereocenters. The van der Waals surface area contributed by atoms with Crippen molar-refractivity contribution in [2.45, 2.75) is 19.3 Å². The summed E-state index contributed by atoms with van der Waals surface area (Å²) in [7, 11) is 0. The standard InChI is InChI=1S/C14H20F2N2O2/c15-13(16)11-20-10-7-14(19)18(9-4-8-17)12-5-2-1-3-6-12/h1-3,5-6,13H,4,7-11,17H2. The van der Waals surface area contributed by atoms with Gasteiger partial charge in [0.05, 0.1) is 13.0 Å². The summed E-state index contributed by atoms with van der Waals surface area (Å²) < 4.78 is 28.6. The lowest BCUT2D eigenvalue weighted by Gasteiger charge is -2.22. The highest BCUT2D eigenvalue weighted by atomic mass is 19.3. The van der Waals surface area contributed by atoms with Crippen LogP contribution in [0.1, 0.15) is 12.8 Å². The van der Waals surface area contributed by atoms with Gasteiger partial charge in [-0.1, -0.05) is 18.2 Å². The Bertz CT molecular complexity index is 388. The predicted octanol–water partition coefficient (Wildman–Crippen LogP) is 2.04. The van der Waals surface area contributed by atoms with Crippen molar-refractivity contribution in [2.24, 2.45) is 5.73 Å². The van der Waals surface area contributed by atoms with Gasteiger partial charge in [0.15, 0.2) is 0 Å². The van der Waals surface area contributed by atoms with Crippen LogP contribution in [0.4, 0.5) is 14.5 Å². The minimum absolute atomic E-state index is 0.00483. The topological polar surface area (TPSA) is 55.6 Å². The number of ether oxygens (including phenoxy) is 1. The van der Waals surface area contributed by atoms with Crippen LogP contribution >= 0.6 is 0 Å². The van der Waals surface area contributed by atoms with Gasteiger partial charge in [-0.25, -0.2) is 8.78 Å². The van der Waals surface area contributed by atoms with Gasteiger partial charge >= 0.3 is 0 Å². The zero-order valence-corrected chi connectivity index (χ0v) is 11.3. The van der Waals surface area contributed by atoms with E-state index < -0.39 is 13.0 Å². The zero-order valence-electron chi connectivity index (χ0n) is 11.3. The molecular formula is C14H20F2N2O2. The zero-order chi connectivity index (χ0) is 14.8. The molecule has 0 heterocycles. The van der Waals surface area contributed by atoms with E-state index in [2.05, 4.69) is 0 Å². The second kappa shape index (κ2) is 9.39. The Morgan fingerprint density at radius 2 is 2.00 bits per heavy atom. The van der Waals surface area contributed by atoms with Crippen molar-refractivity contribution in [1.82, 2.24) is 0 Å². The Morgan fingerprint density at radius 3 is 2.60 bits per heavy atom. The summed E-state index contributed by atoms with van der Waals surface area (Å²) in [6.07, 6.45) is -1.75. The molecular weight excluding hydrogens is 266 g/mol. The van der Waals surface area contributed by atoms with Crippen LogP contribution in [-0.2, 0) is 9.53 Å². The molecule has 1 amide bonds. The van der Waals surface area contributed by atoms with Crippen molar-refractivity contribution < 1.29 is 18.3 Å². The lowest BCUT2D eigenvalue weighted by Crippen LogP contribution is -2.33. The van der Waals surface area contributed by atoms with Crippen molar-refractivity contribution >= 4 is 11.6 Å². The van der Waals surface area contributed by atoms with Crippen LogP contribution in [0.5, 0.6) is 0 Å². The summed E-state index contributed by atoms with van der Waals surface area (Å²) >= 11 is 0. The van der Waals surface area contributed by atoms with E-state index in [1.807, 2.05) is 30.3 Å². The first-order chi connectivity index (χ1) is 9.65. The second-order valence-corrected chi connectivity index (χ2v) is 4.24. The van der Waals surface area contributed by atoms with Crippen LogP contribution in [0.15, 0.2) is 30.3 Å². The van der Waals surface area contributed by atoms with Gasteiger partial charge in [-0.2, -0.15) is 0 Å². The number of benzene rings is 1. The van der Waals surface area contributed by atoms with Gasteiger partial charge < -0.3 is 15.4 Å². The highest BCUT2D eigenvalue weighted by Crippen LogP contribution is 2.15. The number of hydrogen-bond acceptors (Lipinski definition) is 3. The van der Waals surface area contributed by atoms with Crippen LogP contribution in [0.25, 0.3) is 0 Å². The molecule has 4 nitrogen and oxygen atoms in total. The Labute approximate surface area is 117 Å². The molecule has 0 aliphatic heterocycles. The summed E-state index contributed by atoms with van der Waals surface area (Å²) in [6.45, 7) is 0.350. The van der Waals surface area contributed by atoms with Gasteiger partial charge in [0.1, 0.15) is 6.61 Å². The van der Waals surface area contributed by atoms with Crippen molar-refractivity contribution in [3.8, 4) is 0 Å². The van der Waals surface area contributed by atoms with Gasteiger partial charge in [-0.15, -0.1) is 0 Å². The average molecular weight is 286 g/mol.